The van der Waals surface area contributed by atoms with Crippen LogP contribution in [0.3, 0.4) is 0 Å². The van der Waals surface area contributed by atoms with Gasteiger partial charge in [-0.15, -0.1) is 0 Å². The number of fused-ring (bicyclic) bond motifs is 4. The third-order valence-electron chi connectivity index (χ3n) is 7.41. The van der Waals surface area contributed by atoms with Gasteiger partial charge < -0.3 is 19.7 Å². The van der Waals surface area contributed by atoms with E-state index in [1.54, 1.807) is 26.4 Å². The number of nitrogens with zero attached hydrogens (tertiary/aromatic N) is 1. The number of carbonyl (C=O) groups is 2. The molecule has 2 heterocycles. The topological polar surface area (TPSA) is 67.9 Å². The normalized spacial score (nSPS) is 19.0. The van der Waals surface area contributed by atoms with Gasteiger partial charge >= 0.3 is 0 Å². The van der Waals surface area contributed by atoms with Gasteiger partial charge in [0.2, 0.25) is 5.91 Å². The minimum atomic E-state index is -0.557. The van der Waals surface area contributed by atoms with E-state index in [0.29, 0.717) is 29.2 Å². The van der Waals surface area contributed by atoms with E-state index < -0.39 is 5.92 Å². The van der Waals surface area contributed by atoms with Crippen LogP contribution in [0.2, 0.25) is 0 Å². The quantitative estimate of drug-likeness (QED) is 0.529. The van der Waals surface area contributed by atoms with Crippen LogP contribution in [0.1, 0.15) is 57.9 Å². The highest BCUT2D eigenvalue weighted by Gasteiger charge is 2.47. The summed E-state index contributed by atoms with van der Waals surface area (Å²) in [4.78, 5) is 29.5. The number of hydrogen-bond donors (Lipinski definition) is 1. The molecular formula is C30H32N2O4. The Morgan fingerprint density at radius 1 is 1.00 bits per heavy atom. The van der Waals surface area contributed by atoms with Gasteiger partial charge in [-0.3, -0.25) is 9.59 Å². The smallest absolute Gasteiger partial charge is 0.254 e. The van der Waals surface area contributed by atoms with Crippen molar-refractivity contribution in [2.24, 2.45) is 0 Å². The summed E-state index contributed by atoms with van der Waals surface area (Å²) in [6.45, 7) is 2.61. The molecule has 0 spiro atoms. The van der Waals surface area contributed by atoms with Crippen LogP contribution < -0.4 is 14.8 Å². The second kappa shape index (κ2) is 10.1. The number of carbonyl (C=O) groups excluding carboxylic acids is 2. The number of benzene rings is 3. The molecule has 186 valence electrons. The highest BCUT2D eigenvalue weighted by atomic mass is 16.5. The predicted molar refractivity (Wildman–Crippen MR) is 139 cm³/mol. The van der Waals surface area contributed by atoms with Crippen molar-refractivity contribution < 1.29 is 19.1 Å². The summed E-state index contributed by atoms with van der Waals surface area (Å²) in [5.74, 6) is 0.278. The van der Waals surface area contributed by atoms with E-state index in [1.807, 2.05) is 48.2 Å². The number of hydrogen-bond acceptors (Lipinski definition) is 4. The average Bonchev–Trinajstić information content (AvgIpc) is 2.91. The predicted octanol–water partition coefficient (Wildman–Crippen LogP) is 4.68. The highest BCUT2D eigenvalue weighted by molar-refractivity contribution is 6.02. The van der Waals surface area contributed by atoms with E-state index in [4.69, 9.17) is 9.47 Å². The van der Waals surface area contributed by atoms with Gasteiger partial charge in [-0.1, -0.05) is 54.6 Å². The maximum Gasteiger partial charge on any atom is 0.254 e. The van der Waals surface area contributed by atoms with Crippen LogP contribution in [-0.4, -0.2) is 43.5 Å². The molecule has 1 N–H and O–H groups in total. The number of ether oxygens (including phenoxy) is 2. The molecule has 3 aromatic rings. The lowest BCUT2D eigenvalue weighted by atomic mass is 9.75. The molecule has 0 unspecified atom stereocenters. The Morgan fingerprint density at radius 2 is 1.69 bits per heavy atom. The summed E-state index contributed by atoms with van der Waals surface area (Å²) in [6, 6.07) is 21.6. The van der Waals surface area contributed by atoms with Crippen molar-refractivity contribution in [3.63, 3.8) is 0 Å². The van der Waals surface area contributed by atoms with Gasteiger partial charge in [0.05, 0.1) is 26.2 Å². The minimum Gasteiger partial charge on any atom is -0.493 e. The van der Waals surface area contributed by atoms with Crippen molar-refractivity contribution >= 4 is 11.8 Å². The number of rotatable bonds is 7. The second-order valence-electron chi connectivity index (χ2n) is 9.60. The van der Waals surface area contributed by atoms with Crippen LogP contribution >= 0.6 is 0 Å². The second-order valence-corrected chi connectivity index (χ2v) is 9.60. The molecule has 36 heavy (non-hydrogen) atoms. The van der Waals surface area contributed by atoms with Crippen molar-refractivity contribution in [3.05, 3.63) is 94.5 Å². The van der Waals surface area contributed by atoms with Crippen LogP contribution in [-0.2, 0) is 17.6 Å². The molecule has 0 bridgehead atoms. The molecule has 0 saturated heterocycles. The standard InChI is InChI=1S/C30H32N2O4/c1-19(13-14-20-9-5-4-6-10-20)31-29(33)27-23-17-25(35-2)26(36-3)18-24(23)30(34)32-16-15-21-11-7-8-12-22(21)28(27)32/h4-12,17-19,27-28H,13-16H2,1-3H3,(H,31,33)/t19-,27+,28-/m1/s1. The Labute approximate surface area is 212 Å². The molecule has 3 aromatic carbocycles. The number of amides is 2. The van der Waals surface area contributed by atoms with E-state index in [1.165, 1.54) is 11.1 Å². The van der Waals surface area contributed by atoms with E-state index in [0.717, 1.165) is 24.8 Å². The van der Waals surface area contributed by atoms with Gasteiger partial charge in [-0.25, -0.2) is 0 Å². The van der Waals surface area contributed by atoms with Crippen molar-refractivity contribution in [1.29, 1.82) is 0 Å². The van der Waals surface area contributed by atoms with Gasteiger partial charge in [-0.05, 0) is 60.6 Å². The third kappa shape index (κ3) is 4.32. The molecule has 2 amide bonds. The fourth-order valence-corrected chi connectivity index (χ4v) is 5.56. The summed E-state index contributed by atoms with van der Waals surface area (Å²) in [6.07, 6.45) is 2.47. The third-order valence-corrected chi connectivity index (χ3v) is 7.41. The molecule has 5 rings (SSSR count). The fraction of sp³-hybridized carbons (Fsp3) is 0.333. The van der Waals surface area contributed by atoms with E-state index in [9.17, 15) is 9.59 Å². The first-order valence-electron chi connectivity index (χ1n) is 12.5. The van der Waals surface area contributed by atoms with Crippen LogP contribution in [0.15, 0.2) is 66.7 Å². The van der Waals surface area contributed by atoms with Crippen LogP contribution in [0.5, 0.6) is 11.5 Å². The Kier molecular flexibility index (Phi) is 6.68. The van der Waals surface area contributed by atoms with Gasteiger partial charge in [0, 0.05) is 18.2 Å². The molecule has 6 nitrogen and oxygen atoms in total. The van der Waals surface area contributed by atoms with Gasteiger partial charge in [-0.2, -0.15) is 0 Å². The molecule has 0 aromatic heterocycles. The number of nitrogens with one attached hydrogen (secondary N) is 1. The lowest BCUT2D eigenvalue weighted by molar-refractivity contribution is -0.125. The Hall–Kier alpha value is -3.80. The number of methoxy groups -OCH3 is 2. The molecular weight excluding hydrogens is 452 g/mol. The maximum absolute atomic E-state index is 14.0. The van der Waals surface area contributed by atoms with E-state index in [-0.39, 0.29) is 23.9 Å². The number of aryl methyl sites for hydroxylation is 1. The minimum absolute atomic E-state index is 0.0220. The van der Waals surface area contributed by atoms with Gasteiger partial charge in [0.25, 0.3) is 5.91 Å². The molecule has 6 heteroatoms. The van der Waals surface area contributed by atoms with Gasteiger partial charge in [0.1, 0.15) is 0 Å². The average molecular weight is 485 g/mol. The zero-order valence-electron chi connectivity index (χ0n) is 21.0. The maximum atomic E-state index is 14.0. The first-order chi connectivity index (χ1) is 17.5. The van der Waals surface area contributed by atoms with E-state index in [2.05, 4.69) is 23.5 Å². The van der Waals surface area contributed by atoms with Gasteiger partial charge in [0.15, 0.2) is 11.5 Å². The summed E-state index contributed by atoms with van der Waals surface area (Å²) < 4.78 is 11.0. The Bertz CT molecular complexity index is 1270. The first kappa shape index (κ1) is 23.9. The summed E-state index contributed by atoms with van der Waals surface area (Å²) >= 11 is 0. The molecule has 2 aliphatic rings. The Balaban J connectivity index is 1.52. The highest BCUT2D eigenvalue weighted by Crippen LogP contribution is 2.48. The van der Waals surface area contributed by atoms with Crippen molar-refractivity contribution in [2.45, 2.75) is 44.2 Å². The van der Waals surface area contributed by atoms with Crippen LogP contribution in [0.25, 0.3) is 0 Å². The van der Waals surface area contributed by atoms with E-state index >= 15 is 0 Å². The zero-order valence-corrected chi connectivity index (χ0v) is 21.0. The monoisotopic (exact) mass is 484 g/mol. The first-order valence-corrected chi connectivity index (χ1v) is 12.5. The molecule has 0 saturated carbocycles. The van der Waals surface area contributed by atoms with Crippen LogP contribution in [0, 0.1) is 0 Å². The SMILES string of the molecule is COc1cc2c(cc1OC)[C@H](C(=O)N[C@H](C)CCc1ccccc1)[C@H]1c3ccccc3CCN1C2=O. The lowest BCUT2D eigenvalue weighted by Crippen LogP contribution is -2.51. The zero-order chi connectivity index (χ0) is 25.2. The summed E-state index contributed by atoms with van der Waals surface area (Å²) in [7, 11) is 3.12. The fourth-order valence-electron chi connectivity index (χ4n) is 5.56. The van der Waals surface area contributed by atoms with Crippen molar-refractivity contribution in [3.8, 4) is 11.5 Å². The lowest BCUT2D eigenvalue weighted by Gasteiger charge is -2.45. The summed E-state index contributed by atoms with van der Waals surface area (Å²) in [5.41, 5.74) is 4.65. The van der Waals surface area contributed by atoms with Crippen LogP contribution in [0.4, 0.5) is 0 Å². The molecule has 2 aliphatic heterocycles. The molecule has 0 radical (unpaired) electrons. The molecule has 0 fully saturated rings. The molecule has 0 aliphatic carbocycles. The summed E-state index contributed by atoms with van der Waals surface area (Å²) in [5, 5.41) is 3.26. The van der Waals surface area contributed by atoms with Crippen molar-refractivity contribution in [1.82, 2.24) is 10.2 Å². The Morgan fingerprint density at radius 3 is 2.44 bits per heavy atom. The van der Waals surface area contributed by atoms with Crippen molar-refractivity contribution in [2.75, 3.05) is 20.8 Å². The molecule has 3 atom stereocenters. The largest absolute Gasteiger partial charge is 0.493 e.